The van der Waals surface area contributed by atoms with Gasteiger partial charge in [-0.05, 0) is 167 Å². The third-order valence-corrected chi connectivity index (χ3v) is 19.9. The maximum atomic E-state index is 2.60. The van der Waals surface area contributed by atoms with E-state index in [1.54, 1.807) is 0 Å². The van der Waals surface area contributed by atoms with Gasteiger partial charge in [0, 0.05) is 77.8 Å². The molecule has 0 atom stereocenters. The summed E-state index contributed by atoms with van der Waals surface area (Å²) in [5.41, 5.74) is 26.3. The number of aromatic nitrogens is 2. The molecule has 0 aliphatic carbocycles. The molecule has 2 aliphatic rings. The van der Waals surface area contributed by atoms with E-state index in [2.05, 4.69) is 348 Å². The second-order valence-electron chi connectivity index (χ2n) is 28.6. The predicted octanol–water partition coefficient (Wildman–Crippen LogP) is 21.5. The minimum Gasteiger partial charge on any atom is -0.311 e. The van der Waals surface area contributed by atoms with Crippen molar-refractivity contribution in [2.24, 2.45) is 0 Å². The number of nitrogens with zero attached hydrogens (tertiary/aromatic N) is 4. The number of hydrogen-bond donors (Lipinski definition) is 0. The van der Waals surface area contributed by atoms with E-state index < -0.39 is 0 Å². The van der Waals surface area contributed by atoms with Gasteiger partial charge in [0.25, 0.3) is 6.71 Å². The fourth-order valence-electron chi connectivity index (χ4n) is 15.1. The van der Waals surface area contributed by atoms with E-state index in [0.29, 0.717) is 0 Å². The van der Waals surface area contributed by atoms with Gasteiger partial charge in [-0.15, -0.1) is 0 Å². The first-order valence-corrected chi connectivity index (χ1v) is 32.3. The molecule has 5 heteroatoms. The minimum atomic E-state index is -0.219. The van der Waals surface area contributed by atoms with Crippen LogP contribution >= 0.6 is 0 Å². The smallest absolute Gasteiger partial charge is 0.252 e. The molecule has 91 heavy (non-hydrogen) atoms. The predicted molar refractivity (Wildman–Crippen MR) is 391 cm³/mol. The molecular weight excluding hydrogens is 1100 g/mol. The lowest BCUT2D eigenvalue weighted by molar-refractivity contribution is 0.590. The Hall–Kier alpha value is -10.4. The van der Waals surface area contributed by atoms with Gasteiger partial charge in [-0.3, -0.25) is 0 Å². The zero-order chi connectivity index (χ0) is 61.8. The van der Waals surface area contributed by atoms with Crippen LogP contribution in [-0.4, -0.2) is 15.8 Å². The molecule has 0 fully saturated rings. The molecule has 0 bridgehead atoms. The van der Waals surface area contributed by atoms with E-state index in [-0.39, 0.29) is 23.0 Å². The second kappa shape index (κ2) is 20.1. The van der Waals surface area contributed by atoms with Crippen molar-refractivity contribution in [3.8, 4) is 33.6 Å². The van der Waals surface area contributed by atoms with Crippen LogP contribution in [0.1, 0.15) is 79.0 Å². The van der Waals surface area contributed by atoms with Crippen LogP contribution in [0.4, 0.5) is 34.1 Å². The Morgan fingerprint density at radius 3 is 1.04 bits per heavy atom. The fraction of sp³-hybridized carbons (Fsp3) is 0.140. The lowest BCUT2D eigenvalue weighted by Crippen LogP contribution is -2.61. The summed E-state index contributed by atoms with van der Waals surface area (Å²) in [5.74, 6) is 0. The topological polar surface area (TPSA) is 16.3 Å². The van der Waals surface area contributed by atoms with E-state index in [0.717, 1.165) is 22.7 Å². The summed E-state index contributed by atoms with van der Waals surface area (Å²) in [7, 11) is 0. The summed E-state index contributed by atoms with van der Waals surface area (Å²) < 4.78 is 5.12. The third kappa shape index (κ3) is 8.65. The summed E-state index contributed by atoms with van der Waals surface area (Å²) in [6.45, 7) is 20.9. The highest BCUT2D eigenvalue weighted by molar-refractivity contribution is 7.00. The van der Waals surface area contributed by atoms with E-state index in [1.807, 2.05) is 0 Å². The highest BCUT2D eigenvalue weighted by Gasteiger charge is 2.45. The highest BCUT2D eigenvalue weighted by atomic mass is 15.2. The highest BCUT2D eigenvalue weighted by Crippen LogP contribution is 2.49. The maximum Gasteiger partial charge on any atom is 0.252 e. The summed E-state index contributed by atoms with van der Waals surface area (Å²) >= 11 is 0. The first-order valence-electron chi connectivity index (χ1n) is 32.3. The minimum absolute atomic E-state index is 0.0216. The normalized spacial score (nSPS) is 13.3. The Morgan fingerprint density at radius 1 is 0.264 bits per heavy atom. The number of hydrogen-bond acceptors (Lipinski definition) is 2. The monoisotopic (exact) mass is 1170 g/mol. The van der Waals surface area contributed by atoms with Crippen LogP contribution < -0.4 is 26.2 Å². The van der Waals surface area contributed by atoms with Gasteiger partial charge < -0.3 is 18.9 Å². The van der Waals surface area contributed by atoms with Crippen molar-refractivity contribution in [3.63, 3.8) is 0 Å². The Kier molecular flexibility index (Phi) is 12.1. The van der Waals surface area contributed by atoms with Crippen LogP contribution in [0.3, 0.4) is 0 Å². The molecule has 2 aromatic heterocycles. The summed E-state index contributed by atoms with van der Waals surface area (Å²) in [6, 6.07) is 102. The van der Waals surface area contributed by atoms with Gasteiger partial charge in [0.1, 0.15) is 0 Å². The molecule has 13 aromatic carbocycles. The lowest BCUT2D eigenvalue weighted by atomic mass is 9.33. The maximum absolute atomic E-state index is 2.60. The van der Waals surface area contributed by atoms with Gasteiger partial charge in [-0.25, -0.2) is 0 Å². The number of rotatable bonds is 6. The molecule has 0 saturated heterocycles. The Labute approximate surface area is 534 Å². The van der Waals surface area contributed by atoms with E-state index in [9.17, 15) is 0 Å². The van der Waals surface area contributed by atoms with Crippen LogP contribution in [0.25, 0.3) is 98.8 Å². The molecule has 17 rings (SSSR count). The number of benzene rings is 13. The summed E-state index contributed by atoms with van der Waals surface area (Å²) in [6.07, 6.45) is 0. The zero-order valence-corrected chi connectivity index (χ0v) is 53.3. The van der Waals surface area contributed by atoms with Crippen molar-refractivity contribution in [1.29, 1.82) is 0 Å². The molecule has 0 amide bonds. The molecule has 4 nitrogen and oxygen atoms in total. The van der Waals surface area contributed by atoms with Crippen molar-refractivity contribution < 1.29 is 0 Å². The van der Waals surface area contributed by atoms with Gasteiger partial charge in [0.05, 0.1) is 22.1 Å². The average molecular weight is 1170 g/mol. The Balaban J connectivity index is 0.968. The molecule has 0 radical (unpaired) electrons. The van der Waals surface area contributed by atoms with Crippen LogP contribution in [0, 0.1) is 0 Å². The zero-order valence-electron chi connectivity index (χ0n) is 53.3. The number of fused-ring (bicyclic) bond motifs is 14. The standard InChI is InChI=1S/C86H71BN4/c1-84(2,3)60-34-46-75-71(48-60)69-42-32-58-24-16-18-26-67(58)82(69)90(75)65-40-44-73-77(52-65)88(63-36-28-56(29-37-63)54-20-12-10-13-21-54)79-50-62(86(7,8)9)51-80-81(79)87(73)74-45-41-66(53-78(74)89(80)64-38-30-57(31-39-64)55-22-14-11-15-23-55)91-76-47-35-61(85(4,5)6)49-72(76)70-43-33-59-25-17-19-27-68(59)83(70)91/h10-53H,1-9H3. The van der Waals surface area contributed by atoms with Gasteiger partial charge in [-0.2, -0.15) is 0 Å². The second-order valence-corrected chi connectivity index (χ2v) is 28.6. The Morgan fingerprint density at radius 2 is 0.637 bits per heavy atom. The first kappa shape index (κ1) is 54.8. The third-order valence-electron chi connectivity index (χ3n) is 19.9. The van der Waals surface area contributed by atoms with E-state index in [4.69, 9.17) is 0 Å². The van der Waals surface area contributed by atoms with Crippen molar-refractivity contribution in [1.82, 2.24) is 9.13 Å². The van der Waals surface area contributed by atoms with Gasteiger partial charge in [0.2, 0.25) is 0 Å². The molecule has 15 aromatic rings. The largest absolute Gasteiger partial charge is 0.311 e. The van der Waals surface area contributed by atoms with Crippen LogP contribution in [0.5, 0.6) is 0 Å². The molecule has 0 N–H and O–H groups in total. The van der Waals surface area contributed by atoms with E-state index in [1.165, 1.54) is 143 Å². The number of anilines is 6. The van der Waals surface area contributed by atoms with E-state index >= 15 is 0 Å². The van der Waals surface area contributed by atoms with Crippen molar-refractivity contribution in [2.45, 2.75) is 78.6 Å². The van der Waals surface area contributed by atoms with Crippen LogP contribution in [0.15, 0.2) is 267 Å². The molecular formula is C86H71BN4. The fourth-order valence-corrected chi connectivity index (χ4v) is 15.1. The molecule has 4 heterocycles. The lowest BCUT2D eigenvalue weighted by Gasteiger charge is -2.45. The summed E-state index contributed by atoms with van der Waals surface area (Å²) in [4.78, 5) is 5.21. The van der Waals surface area contributed by atoms with Crippen LogP contribution in [0.2, 0.25) is 0 Å². The molecule has 0 unspecified atom stereocenters. The molecule has 0 saturated carbocycles. The van der Waals surface area contributed by atoms with Crippen molar-refractivity contribution >= 4 is 122 Å². The molecule has 0 spiro atoms. The summed E-state index contributed by atoms with van der Waals surface area (Å²) in [5, 5.41) is 9.99. The van der Waals surface area contributed by atoms with Crippen molar-refractivity contribution in [2.75, 3.05) is 9.80 Å². The average Bonchev–Trinajstić information content (AvgIpc) is 1.19. The van der Waals surface area contributed by atoms with Gasteiger partial charge in [0.15, 0.2) is 0 Å². The first-order chi connectivity index (χ1) is 44.0. The van der Waals surface area contributed by atoms with Crippen LogP contribution in [-0.2, 0) is 16.2 Å². The Bertz CT molecular complexity index is 5130. The molecule has 438 valence electrons. The van der Waals surface area contributed by atoms with Crippen molar-refractivity contribution in [3.05, 3.63) is 284 Å². The quantitative estimate of drug-likeness (QED) is 0.154. The van der Waals surface area contributed by atoms with Gasteiger partial charge in [-0.1, -0.05) is 244 Å². The SMILES string of the molecule is CC(C)(C)c1cc2c3c(c1)N(c1ccc(-c4ccccc4)cc1)c1cc(-n4c5ccc(C(C)(C)C)cc5c5ccc6ccccc6c54)ccc1B3c1ccc(-n3c4ccc(C(C)(C)C)cc4c4ccc5ccccc5c43)cc1N2c1ccc(-c2ccccc2)cc1. The molecule has 2 aliphatic heterocycles. The van der Waals surface area contributed by atoms with Gasteiger partial charge >= 0.3 is 0 Å².